The lowest BCUT2D eigenvalue weighted by molar-refractivity contribution is 0.0745. The number of hydrogen-bond acceptors (Lipinski definition) is 11. The van der Waals surface area contributed by atoms with Crippen molar-refractivity contribution in [1.82, 2.24) is 10.1 Å². The fourth-order valence-corrected chi connectivity index (χ4v) is 5.36. The maximum atomic E-state index is 13.7. The molecule has 0 aliphatic carbocycles. The molecule has 0 atom stereocenters. The van der Waals surface area contributed by atoms with E-state index in [4.69, 9.17) is 32.5 Å². The molecule has 4 aromatic rings. The molecular weight excluding hydrogens is 602 g/mol. The van der Waals surface area contributed by atoms with Crippen LogP contribution in [0.15, 0.2) is 70.3 Å². The van der Waals surface area contributed by atoms with E-state index in [1.54, 1.807) is 55.3 Å². The summed E-state index contributed by atoms with van der Waals surface area (Å²) in [5.41, 5.74) is 5.62. The summed E-state index contributed by atoms with van der Waals surface area (Å²) in [6.45, 7) is 3.42. The smallest absolute Gasteiger partial charge is 0.259 e. The maximum absolute atomic E-state index is 13.7. The number of para-hydroxylation sites is 1. The highest BCUT2D eigenvalue weighted by Gasteiger charge is 2.30. The van der Waals surface area contributed by atoms with E-state index < -0.39 is 5.91 Å². The van der Waals surface area contributed by atoms with Crippen LogP contribution in [0.4, 0.5) is 22.7 Å². The van der Waals surface area contributed by atoms with Gasteiger partial charge in [-0.15, -0.1) is 0 Å². The molecule has 15 heteroatoms. The highest BCUT2D eigenvalue weighted by atomic mass is 35.5. The van der Waals surface area contributed by atoms with Crippen LogP contribution < -0.4 is 37.1 Å². The third-order valence-electron chi connectivity index (χ3n) is 7.42. The fourth-order valence-electron chi connectivity index (χ4n) is 5.07. The molecule has 1 aliphatic heterocycles. The van der Waals surface area contributed by atoms with Gasteiger partial charge < -0.3 is 30.2 Å². The Balaban J connectivity index is 1.31. The summed E-state index contributed by atoms with van der Waals surface area (Å²) in [4.78, 5) is 30.5. The average Bonchev–Trinajstić information content (AvgIpc) is 3.45. The number of nitrogens with two attached hydrogens (primary N) is 2. The highest BCUT2D eigenvalue weighted by molar-refractivity contribution is 6.34. The zero-order chi connectivity index (χ0) is 32.1. The first-order valence-corrected chi connectivity index (χ1v) is 14.2. The number of aromatic nitrogens is 1. The molecule has 234 valence electrons. The van der Waals surface area contributed by atoms with Crippen molar-refractivity contribution in [2.45, 2.75) is 6.92 Å². The van der Waals surface area contributed by atoms with Crippen LogP contribution in [0.5, 0.6) is 5.75 Å². The number of rotatable bonds is 9. The summed E-state index contributed by atoms with van der Waals surface area (Å²) in [5, 5.41) is 21.7. The van der Waals surface area contributed by atoms with Crippen LogP contribution in [0.25, 0.3) is 11.3 Å². The van der Waals surface area contributed by atoms with Crippen molar-refractivity contribution in [3.8, 4) is 17.0 Å². The monoisotopic (exact) mass is 633 g/mol. The predicted molar refractivity (Wildman–Crippen MR) is 172 cm³/mol. The van der Waals surface area contributed by atoms with Crippen LogP contribution >= 0.6 is 11.6 Å². The summed E-state index contributed by atoms with van der Waals surface area (Å²) < 4.78 is 10.9. The molecule has 5 rings (SSSR count). The number of aryl methyl sites for hydroxylation is 1. The molecule has 2 amide bonds. The van der Waals surface area contributed by atoms with Gasteiger partial charge in [0, 0.05) is 37.3 Å². The summed E-state index contributed by atoms with van der Waals surface area (Å²) in [7, 11) is 1.56. The lowest BCUT2D eigenvalue weighted by Gasteiger charge is -2.36. The van der Waals surface area contributed by atoms with Gasteiger partial charge in [0.05, 0.1) is 34.9 Å². The van der Waals surface area contributed by atoms with Crippen LogP contribution in [0.2, 0.25) is 5.02 Å². The first-order chi connectivity index (χ1) is 21.7. The van der Waals surface area contributed by atoms with Crippen LogP contribution in [0.3, 0.4) is 0 Å². The Bertz CT molecular complexity index is 1720. The second-order valence-electron chi connectivity index (χ2n) is 10.1. The van der Waals surface area contributed by atoms with E-state index in [1.807, 2.05) is 23.1 Å². The number of nitrogens with zero attached hydrogens (tertiary/aromatic N) is 5. The summed E-state index contributed by atoms with van der Waals surface area (Å²) >= 11 is 6.60. The number of nitrogens with one attached hydrogen (secondary N) is 2. The van der Waals surface area contributed by atoms with Crippen molar-refractivity contribution in [2.24, 2.45) is 16.8 Å². The first-order valence-electron chi connectivity index (χ1n) is 13.8. The zero-order valence-electron chi connectivity index (χ0n) is 24.5. The van der Waals surface area contributed by atoms with Crippen molar-refractivity contribution in [1.29, 1.82) is 0 Å². The Kier molecular flexibility index (Phi) is 9.37. The summed E-state index contributed by atoms with van der Waals surface area (Å²) in [6, 6.07) is 17.0. The van der Waals surface area contributed by atoms with Gasteiger partial charge in [-0.25, -0.2) is 5.84 Å². The van der Waals surface area contributed by atoms with Gasteiger partial charge in [0.1, 0.15) is 29.1 Å². The molecule has 0 unspecified atom stereocenters. The Morgan fingerprint density at radius 1 is 1.11 bits per heavy atom. The number of amides is 2. The Morgan fingerprint density at radius 2 is 1.82 bits per heavy atom. The van der Waals surface area contributed by atoms with E-state index in [0.29, 0.717) is 82.2 Å². The topological polar surface area (TPSA) is 188 Å². The Morgan fingerprint density at radius 3 is 2.49 bits per heavy atom. The number of anilines is 4. The van der Waals surface area contributed by atoms with E-state index in [0.717, 1.165) is 0 Å². The van der Waals surface area contributed by atoms with Crippen molar-refractivity contribution < 1.29 is 24.1 Å². The fraction of sp³-hybridized carbons (Fsp3) is 0.200. The molecule has 1 aliphatic rings. The molecule has 0 saturated carbocycles. The molecule has 1 aromatic heterocycles. The van der Waals surface area contributed by atoms with Crippen LogP contribution in [-0.2, 0) is 0 Å². The minimum atomic E-state index is -0.423. The van der Waals surface area contributed by atoms with Gasteiger partial charge in [0.2, 0.25) is 0 Å². The van der Waals surface area contributed by atoms with E-state index in [1.165, 1.54) is 17.4 Å². The first kappa shape index (κ1) is 31.1. The zero-order valence-corrected chi connectivity index (χ0v) is 25.3. The van der Waals surface area contributed by atoms with Gasteiger partial charge in [0.25, 0.3) is 11.8 Å². The van der Waals surface area contributed by atoms with Crippen LogP contribution in [0.1, 0.15) is 26.5 Å². The third kappa shape index (κ3) is 6.47. The average molecular weight is 634 g/mol. The van der Waals surface area contributed by atoms with Crippen molar-refractivity contribution in [3.63, 3.8) is 0 Å². The Hall–Kier alpha value is -5.31. The second kappa shape index (κ2) is 13.5. The number of ether oxygens (including phenoxy) is 1. The van der Waals surface area contributed by atoms with Gasteiger partial charge in [-0.2, -0.15) is 5.10 Å². The number of carbonyl (C=O) groups is 2. The number of methoxy groups -OCH3 is 1. The molecule has 14 nitrogen and oxygen atoms in total. The van der Waals surface area contributed by atoms with Crippen molar-refractivity contribution in [3.05, 3.63) is 82.6 Å². The number of hydrazone groups is 1. The summed E-state index contributed by atoms with van der Waals surface area (Å²) in [6.07, 6.45) is 1.23. The number of halogens is 1. The van der Waals surface area contributed by atoms with E-state index in [2.05, 4.69) is 21.1 Å². The predicted octanol–water partition coefficient (Wildman–Crippen LogP) is 3.91. The molecular formula is C30H32ClN9O5. The van der Waals surface area contributed by atoms with E-state index >= 15 is 0 Å². The third-order valence-corrected chi connectivity index (χ3v) is 7.72. The lowest BCUT2D eigenvalue weighted by atomic mass is 10.0. The van der Waals surface area contributed by atoms with E-state index in [-0.39, 0.29) is 11.6 Å². The highest BCUT2D eigenvalue weighted by Crippen LogP contribution is 2.37. The second-order valence-corrected chi connectivity index (χ2v) is 10.5. The molecule has 1 fully saturated rings. The van der Waals surface area contributed by atoms with Gasteiger partial charge in [-0.1, -0.05) is 28.9 Å². The molecule has 3 aromatic carbocycles. The van der Waals surface area contributed by atoms with Crippen LogP contribution in [-0.4, -0.2) is 66.7 Å². The van der Waals surface area contributed by atoms with Crippen LogP contribution in [0, 0.1) is 6.92 Å². The SMILES string of the molecule is COc1ccccc1-c1noc(C)c1C(=O)N1CCN(c2cc(NC(=O)c3ccc(N(N)/C=N\N)cc3)c(NO)cc2Cl)CC1. The minimum Gasteiger partial charge on any atom is -0.496 e. The summed E-state index contributed by atoms with van der Waals surface area (Å²) in [5.74, 6) is 11.3. The standard InChI is InChI=1S/C30H32ClN9O5/c1-18-27(28(37-45-18)21-5-3-4-6-26(21)44-2)30(42)39-13-11-38(12-14-39)25-16-23(24(36-43)15-22(25)31)35-29(41)19-7-9-20(10-8-19)40(33)17-34-32/h3-10,15-17,36,43H,11-14,32-33H2,1-2H3,(H,35,41)/b34-17-. The van der Waals surface area contributed by atoms with Crippen molar-refractivity contribution in [2.75, 3.05) is 54.0 Å². The number of carbonyl (C=O) groups excluding carboxylic acids is 2. The van der Waals surface area contributed by atoms with Gasteiger partial charge >= 0.3 is 0 Å². The molecule has 0 spiro atoms. The molecule has 7 N–H and O–H groups in total. The number of piperazine rings is 1. The Labute approximate surface area is 263 Å². The molecule has 0 bridgehead atoms. The van der Waals surface area contributed by atoms with Gasteiger partial charge in [-0.3, -0.25) is 25.3 Å². The number of hydrazine groups is 1. The number of hydrogen-bond donors (Lipinski definition) is 5. The number of benzene rings is 3. The van der Waals surface area contributed by atoms with E-state index in [9.17, 15) is 14.8 Å². The van der Waals surface area contributed by atoms with Gasteiger partial charge in [-0.05, 0) is 55.5 Å². The molecule has 45 heavy (non-hydrogen) atoms. The molecule has 0 radical (unpaired) electrons. The molecule has 1 saturated heterocycles. The molecule has 2 heterocycles. The normalized spacial score (nSPS) is 13.2. The minimum absolute atomic E-state index is 0.202. The maximum Gasteiger partial charge on any atom is 0.259 e. The largest absolute Gasteiger partial charge is 0.496 e. The quantitative estimate of drug-likeness (QED) is 0.0778. The van der Waals surface area contributed by atoms with Crippen molar-refractivity contribution >= 4 is 52.5 Å². The lowest BCUT2D eigenvalue weighted by Crippen LogP contribution is -2.49. The van der Waals surface area contributed by atoms with Gasteiger partial charge in [0.15, 0.2) is 0 Å².